The number of para-hydroxylation sites is 1. The second-order valence-electron chi connectivity index (χ2n) is 3.89. The number of nitrogen functional groups attached to an aromatic ring is 1. The summed E-state index contributed by atoms with van der Waals surface area (Å²) < 4.78 is 4.97. The quantitative estimate of drug-likeness (QED) is 0.628. The normalized spacial score (nSPS) is 10.1. The van der Waals surface area contributed by atoms with Crippen LogP contribution in [0.2, 0.25) is 0 Å². The summed E-state index contributed by atoms with van der Waals surface area (Å²) in [5.74, 6) is 0.824. The first-order valence-corrected chi connectivity index (χ1v) is 5.75. The lowest BCUT2D eigenvalue weighted by molar-refractivity contribution is -0.385. The fraction of sp³-hybridized carbons (Fsp3) is 0.167. The SMILES string of the molecule is COc1cc(NCc2ccccc2[N+](=O)[O-])nc(N)n1. The van der Waals surface area contributed by atoms with Gasteiger partial charge in [0.25, 0.3) is 5.69 Å². The number of nitro groups is 1. The lowest BCUT2D eigenvalue weighted by Crippen LogP contribution is -2.06. The van der Waals surface area contributed by atoms with Crippen molar-refractivity contribution >= 4 is 17.5 Å². The Morgan fingerprint density at radius 3 is 2.85 bits per heavy atom. The summed E-state index contributed by atoms with van der Waals surface area (Å²) in [5, 5.41) is 13.9. The van der Waals surface area contributed by atoms with E-state index in [1.165, 1.54) is 13.2 Å². The van der Waals surface area contributed by atoms with Crippen LogP contribution in [0.4, 0.5) is 17.5 Å². The van der Waals surface area contributed by atoms with Gasteiger partial charge < -0.3 is 15.8 Å². The average Bonchev–Trinajstić information content (AvgIpc) is 2.44. The first kappa shape index (κ1) is 13.5. The van der Waals surface area contributed by atoms with E-state index in [1.807, 2.05) is 0 Å². The standard InChI is InChI=1S/C12H13N5O3/c1-20-11-6-10(15-12(13)16-11)14-7-8-4-2-3-5-9(8)17(18)19/h2-6H,7H2,1H3,(H3,13,14,15,16). The molecule has 0 aliphatic carbocycles. The molecule has 2 aromatic rings. The molecule has 3 N–H and O–H groups in total. The summed E-state index contributed by atoms with van der Waals surface area (Å²) in [6, 6.07) is 8.04. The lowest BCUT2D eigenvalue weighted by Gasteiger charge is -2.08. The van der Waals surface area contributed by atoms with Gasteiger partial charge in [-0.15, -0.1) is 0 Å². The number of anilines is 2. The van der Waals surface area contributed by atoms with Gasteiger partial charge in [-0.3, -0.25) is 10.1 Å². The molecule has 0 aliphatic rings. The molecule has 0 fully saturated rings. The topological polar surface area (TPSA) is 116 Å². The Hall–Kier alpha value is -2.90. The van der Waals surface area contributed by atoms with E-state index in [0.29, 0.717) is 17.3 Å². The Bertz CT molecular complexity index is 632. The third-order valence-corrected chi connectivity index (χ3v) is 2.58. The second kappa shape index (κ2) is 5.83. The van der Waals surface area contributed by atoms with Crippen molar-refractivity contribution in [3.63, 3.8) is 0 Å². The molecule has 0 aliphatic heterocycles. The van der Waals surface area contributed by atoms with E-state index in [0.717, 1.165) is 0 Å². The van der Waals surface area contributed by atoms with Gasteiger partial charge in [-0.25, -0.2) is 0 Å². The van der Waals surface area contributed by atoms with Crippen LogP contribution >= 0.6 is 0 Å². The highest BCUT2D eigenvalue weighted by Crippen LogP contribution is 2.20. The molecule has 0 spiro atoms. The van der Waals surface area contributed by atoms with E-state index in [1.54, 1.807) is 24.3 Å². The van der Waals surface area contributed by atoms with Gasteiger partial charge in [-0.2, -0.15) is 9.97 Å². The Morgan fingerprint density at radius 2 is 2.15 bits per heavy atom. The Balaban J connectivity index is 2.17. The fourth-order valence-electron chi connectivity index (χ4n) is 1.66. The van der Waals surface area contributed by atoms with Crippen LogP contribution in [-0.2, 0) is 6.54 Å². The molecular formula is C12H13N5O3. The van der Waals surface area contributed by atoms with Crippen LogP contribution in [0.3, 0.4) is 0 Å². The van der Waals surface area contributed by atoms with Crippen LogP contribution < -0.4 is 15.8 Å². The molecule has 104 valence electrons. The number of nitrogens with one attached hydrogen (secondary N) is 1. The van der Waals surface area contributed by atoms with E-state index in [4.69, 9.17) is 10.5 Å². The van der Waals surface area contributed by atoms with E-state index in [9.17, 15) is 10.1 Å². The summed E-state index contributed by atoms with van der Waals surface area (Å²) in [6.07, 6.45) is 0. The maximum absolute atomic E-state index is 10.9. The van der Waals surface area contributed by atoms with Crippen LogP contribution in [0.5, 0.6) is 5.88 Å². The lowest BCUT2D eigenvalue weighted by atomic mass is 10.2. The van der Waals surface area contributed by atoms with Crippen molar-refractivity contribution in [1.82, 2.24) is 9.97 Å². The van der Waals surface area contributed by atoms with Gasteiger partial charge in [0, 0.05) is 24.2 Å². The highest BCUT2D eigenvalue weighted by molar-refractivity contribution is 5.46. The molecule has 1 aromatic heterocycles. The number of rotatable bonds is 5. The van der Waals surface area contributed by atoms with E-state index < -0.39 is 4.92 Å². The molecule has 8 heteroatoms. The summed E-state index contributed by atoms with van der Waals surface area (Å²) in [7, 11) is 1.47. The van der Waals surface area contributed by atoms with Crippen molar-refractivity contribution in [1.29, 1.82) is 0 Å². The highest BCUT2D eigenvalue weighted by atomic mass is 16.6. The van der Waals surface area contributed by atoms with E-state index in [2.05, 4.69) is 15.3 Å². The number of ether oxygens (including phenoxy) is 1. The number of aromatic nitrogens is 2. The number of hydrogen-bond acceptors (Lipinski definition) is 7. The molecule has 0 saturated carbocycles. The fourth-order valence-corrected chi connectivity index (χ4v) is 1.66. The first-order valence-electron chi connectivity index (χ1n) is 5.75. The number of benzene rings is 1. The van der Waals surface area contributed by atoms with E-state index in [-0.39, 0.29) is 18.2 Å². The Kier molecular flexibility index (Phi) is 3.94. The van der Waals surface area contributed by atoms with Crippen molar-refractivity contribution < 1.29 is 9.66 Å². The molecule has 0 amide bonds. The maximum atomic E-state index is 10.9. The minimum atomic E-state index is -0.425. The zero-order valence-corrected chi connectivity index (χ0v) is 10.7. The molecule has 2 rings (SSSR count). The minimum absolute atomic E-state index is 0.0500. The van der Waals surface area contributed by atoms with E-state index >= 15 is 0 Å². The molecule has 0 atom stereocenters. The third-order valence-electron chi connectivity index (χ3n) is 2.58. The molecule has 1 aromatic carbocycles. The van der Waals surface area contributed by atoms with Gasteiger partial charge in [-0.1, -0.05) is 18.2 Å². The van der Waals surface area contributed by atoms with Crippen molar-refractivity contribution in [3.8, 4) is 5.88 Å². The first-order chi connectivity index (χ1) is 9.60. The van der Waals surface area contributed by atoms with Gasteiger partial charge in [-0.05, 0) is 0 Å². The van der Waals surface area contributed by atoms with Crippen LogP contribution in [0.25, 0.3) is 0 Å². The summed E-state index contributed by atoms with van der Waals surface area (Å²) in [4.78, 5) is 18.3. The predicted octanol–water partition coefficient (Wildman–Crippen LogP) is 1.59. The number of methoxy groups -OCH3 is 1. The van der Waals surface area contributed by atoms with Crippen molar-refractivity contribution in [2.75, 3.05) is 18.2 Å². The van der Waals surface area contributed by atoms with Gasteiger partial charge in [0.1, 0.15) is 5.82 Å². The number of nitro benzene ring substituents is 1. The Labute approximate surface area is 114 Å². The van der Waals surface area contributed by atoms with Crippen LogP contribution in [0.1, 0.15) is 5.56 Å². The number of hydrogen-bond donors (Lipinski definition) is 2. The van der Waals surface area contributed by atoms with Gasteiger partial charge in [0.2, 0.25) is 11.8 Å². The predicted molar refractivity (Wildman–Crippen MR) is 73.4 cm³/mol. The van der Waals surface area contributed by atoms with Gasteiger partial charge in [0.15, 0.2) is 0 Å². The Morgan fingerprint density at radius 1 is 1.40 bits per heavy atom. The average molecular weight is 275 g/mol. The zero-order valence-electron chi connectivity index (χ0n) is 10.7. The molecule has 0 radical (unpaired) electrons. The van der Waals surface area contributed by atoms with Crippen molar-refractivity contribution in [2.45, 2.75) is 6.54 Å². The maximum Gasteiger partial charge on any atom is 0.274 e. The second-order valence-corrected chi connectivity index (χ2v) is 3.89. The van der Waals surface area contributed by atoms with Gasteiger partial charge in [0.05, 0.1) is 12.0 Å². The van der Waals surface area contributed by atoms with Crippen LogP contribution in [0, 0.1) is 10.1 Å². The third kappa shape index (κ3) is 3.10. The summed E-state index contributed by atoms with van der Waals surface area (Å²) >= 11 is 0. The molecule has 0 saturated heterocycles. The summed E-state index contributed by atoms with van der Waals surface area (Å²) in [5.41, 5.74) is 6.13. The molecular weight excluding hydrogens is 262 g/mol. The van der Waals surface area contributed by atoms with Crippen molar-refractivity contribution in [2.24, 2.45) is 0 Å². The molecule has 0 unspecified atom stereocenters. The monoisotopic (exact) mass is 275 g/mol. The van der Waals surface area contributed by atoms with Crippen LogP contribution in [-0.4, -0.2) is 22.0 Å². The zero-order chi connectivity index (χ0) is 14.5. The number of nitrogens with zero attached hydrogens (tertiary/aromatic N) is 3. The largest absolute Gasteiger partial charge is 0.481 e. The molecule has 0 bridgehead atoms. The molecule has 1 heterocycles. The molecule has 20 heavy (non-hydrogen) atoms. The number of nitrogens with two attached hydrogens (primary N) is 1. The van der Waals surface area contributed by atoms with Gasteiger partial charge >= 0.3 is 0 Å². The molecule has 8 nitrogen and oxygen atoms in total. The summed E-state index contributed by atoms with van der Waals surface area (Å²) in [6.45, 7) is 0.247. The smallest absolute Gasteiger partial charge is 0.274 e. The highest BCUT2D eigenvalue weighted by Gasteiger charge is 2.12. The van der Waals surface area contributed by atoms with Crippen LogP contribution in [0.15, 0.2) is 30.3 Å². The minimum Gasteiger partial charge on any atom is -0.481 e. The van der Waals surface area contributed by atoms with Crippen molar-refractivity contribution in [3.05, 3.63) is 46.0 Å².